The zero-order valence-electron chi connectivity index (χ0n) is 23.8. The molecule has 6 N–H and O–H groups in total. The molecule has 12 nitrogen and oxygen atoms in total. The second kappa shape index (κ2) is 15.0. The van der Waals surface area contributed by atoms with Crippen LogP contribution in [-0.4, -0.2) is 64.7 Å². The van der Waals surface area contributed by atoms with Crippen molar-refractivity contribution >= 4 is 30.7 Å². The number of aromatic nitrogens is 2. The van der Waals surface area contributed by atoms with Crippen LogP contribution < -0.4 is 26.5 Å². The molecule has 1 aromatic heterocycles. The average molecular weight is 563 g/mol. The summed E-state index contributed by atoms with van der Waals surface area (Å²) in [5, 5.41) is 23.3. The van der Waals surface area contributed by atoms with Crippen molar-refractivity contribution < 1.29 is 24.1 Å². The van der Waals surface area contributed by atoms with Crippen LogP contribution in [0.5, 0.6) is 0 Å². The fourth-order valence-corrected chi connectivity index (χ4v) is 4.05. The van der Waals surface area contributed by atoms with Crippen LogP contribution in [0.3, 0.4) is 0 Å². The van der Waals surface area contributed by atoms with Crippen molar-refractivity contribution in [2.75, 3.05) is 19.0 Å². The Hall–Kier alpha value is -4.20. The number of amides is 4. The quantitative estimate of drug-likeness (QED) is 0.162. The number of benzene rings is 2. The van der Waals surface area contributed by atoms with E-state index in [1.165, 1.54) is 6.82 Å². The van der Waals surface area contributed by atoms with Crippen molar-refractivity contribution in [3.8, 4) is 0 Å². The molecule has 2 aromatic carbocycles. The lowest BCUT2D eigenvalue weighted by Crippen LogP contribution is -2.60. The molecule has 0 radical (unpaired) electrons. The van der Waals surface area contributed by atoms with Gasteiger partial charge in [-0.25, -0.2) is 9.78 Å². The van der Waals surface area contributed by atoms with Gasteiger partial charge in [-0.3, -0.25) is 9.59 Å². The lowest BCUT2D eigenvalue weighted by molar-refractivity contribution is -0.131. The van der Waals surface area contributed by atoms with Crippen molar-refractivity contribution in [1.29, 1.82) is 0 Å². The number of carbonyl (C=O) groups is 3. The maximum atomic E-state index is 13.3. The van der Waals surface area contributed by atoms with Gasteiger partial charge >= 0.3 is 13.1 Å². The van der Waals surface area contributed by atoms with Gasteiger partial charge in [-0.15, -0.1) is 0 Å². The summed E-state index contributed by atoms with van der Waals surface area (Å²) in [5.74, 6) is -0.673. The molecule has 0 bridgehead atoms. The van der Waals surface area contributed by atoms with Gasteiger partial charge in [-0.05, 0) is 37.4 Å². The van der Waals surface area contributed by atoms with E-state index in [1.807, 2.05) is 59.2 Å². The summed E-state index contributed by atoms with van der Waals surface area (Å²) in [6.45, 7) is 5.74. The van der Waals surface area contributed by atoms with Crippen LogP contribution in [0.25, 0.3) is 0 Å². The number of hydrogen-bond acceptors (Lipinski definition) is 7. The molecule has 3 rings (SSSR count). The van der Waals surface area contributed by atoms with Gasteiger partial charge in [0.2, 0.25) is 5.91 Å². The zero-order valence-corrected chi connectivity index (χ0v) is 23.8. The van der Waals surface area contributed by atoms with Crippen molar-refractivity contribution in [3.05, 3.63) is 83.8 Å². The van der Waals surface area contributed by atoms with E-state index in [9.17, 15) is 19.4 Å². The van der Waals surface area contributed by atoms with Crippen LogP contribution in [0.2, 0.25) is 6.82 Å². The van der Waals surface area contributed by atoms with Gasteiger partial charge in [0, 0.05) is 26.3 Å². The highest BCUT2D eigenvalue weighted by Crippen LogP contribution is 2.13. The fourth-order valence-electron chi connectivity index (χ4n) is 4.05. The molecule has 0 aliphatic heterocycles. The van der Waals surface area contributed by atoms with Crippen molar-refractivity contribution in [2.24, 2.45) is 0 Å². The Bertz CT molecular complexity index is 1300. The monoisotopic (exact) mass is 563 g/mol. The molecule has 0 saturated heterocycles. The van der Waals surface area contributed by atoms with Gasteiger partial charge < -0.3 is 40.8 Å². The first-order valence-electron chi connectivity index (χ1n) is 13.3. The summed E-state index contributed by atoms with van der Waals surface area (Å²) >= 11 is 0. The summed E-state index contributed by atoms with van der Waals surface area (Å²) in [6.07, 6.45) is 3.28. The molecule has 0 fully saturated rings. The number of imidazole rings is 1. The van der Waals surface area contributed by atoms with Crippen LogP contribution in [0.4, 0.5) is 10.6 Å². The number of nitrogens with zero attached hydrogens (tertiary/aromatic N) is 2. The van der Waals surface area contributed by atoms with E-state index in [0.717, 1.165) is 16.7 Å². The molecule has 0 spiro atoms. The van der Waals surface area contributed by atoms with Gasteiger partial charge in [0.1, 0.15) is 6.04 Å². The van der Waals surface area contributed by atoms with E-state index in [2.05, 4.69) is 31.5 Å². The third-order valence-corrected chi connectivity index (χ3v) is 6.18. The molecule has 0 aliphatic carbocycles. The third-order valence-electron chi connectivity index (χ3n) is 6.18. The van der Waals surface area contributed by atoms with Crippen LogP contribution in [-0.2, 0) is 34.0 Å². The standard InChI is InChI=1S/C28H38BN7O5/c1-28(2,35-29(3)40)26(38)33-23(18-41-17-20-10-6-5-7-11-20)25(37)34-24-16-36(19-32-24)15-22-13-9-8-12-21(22)14-31-27(39)30-4/h5-13,16,19,23,35,40H,14-15,17-18H2,1-4H3,(H,33,38)(H,34,37)(H2,30,31,39). The number of nitrogens with one attached hydrogen (secondary N) is 5. The summed E-state index contributed by atoms with van der Waals surface area (Å²) in [4.78, 5) is 42.1. The molecule has 0 saturated carbocycles. The fraction of sp³-hybridized carbons (Fsp3) is 0.357. The molecule has 0 aliphatic rings. The van der Waals surface area contributed by atoms with Crippen molar-refractivity contribution in [3.63, 3.8) is 0 Å². The normalized spacial score (nSPS) is 11.8. The van der Waals surface area contributed by atoms with Crippen LogP contribution in [0.1, 0.15) is 30.5 Å². The van der Waals surface area contributed by atoms with Crippen molar-refractivity contribution in [2.45, 2.75) is 51.9 Å². The molecule has 3 aromatic rings. The Morgan fingerprint density at radius 1 is 1.07 bits per heavy atom. The highest BCUT2D eigenvalue weighted by atomic mass is 16.5. The van der Waals surface area contributed by atoms with Gasteiger partial charge in [-0.1, -0.05) is 54.6 Å². The minimum atomic E-state index is -1.15. The lowest BCUT2D eigenvalue weighted by atomic mass is 9.83. The Morgan fingerprint density at radius 3 is 2.44 bits per heavy atom. The topological polar surface area (TPSA) is 159 Å². The maximum absolute atomic E-state index is 13.3. The van der Waals surface area contributed by atoms with E-state index in [-0.39, 0.29) is 19.2 Å². The number of urea groups is 1. The maximum Gasteiger partial charge on any atom is 0.374 e. The van der Waals surface area contributed by atoms with E-state index in [1.54, 1.807) is 33.4 Å². The van der Waals surface area contributed by atoms with Gasteiger partial charge in [-0.2, -0.15) is 0 Å². The summed E-state index contributed by atoms with van der Waals surface area (Å²) in [6, 6.07) is 15.9. The van der Waals surface area contributed by atoms with Crippen LogP contribution >= 0.6 is 0 Å². The highest BCUT2D eigenvalue weighted by molar-refractivity contribution is 6.46. The minimum absolute atomic E-state index is 0.0797. The predicted molar refractivity (Wildman–Crippen MR) is 157 cm³/mol. The molecular formula is C28H38BN7O5. The molecule has 1 heterocycles. The molecular weight excluding hydrogens is 525 g/mol. The number of hydrogen-bond donors (Lipinski definition) is 6. The Labute approximate surface area is 240 Å². The SMILES string of the molecule is CNC(=O)NCc1ccccc1Cn1cnc(NC(=O)C(COCc2ccccc2)NC(=O)C(C)(C)NB(C)O)c1. The summed E-state index contributed by atoms with van der Waals surface area (Å²) < 4.78 is 7.58. The predicted octanol–water partition coefficient (Wildman–Crippen LogP) is 1.48. The second-order valence-electron chi connectivity index (χ2n) is 10.1. The number of ether oxygens (including phenoxy) is 1. The summed E-state index contributed by atoms with van der Waals surface area (Å²) in [5.41, 5.74) is 1.71. The second-order valence-corrected chi connectivity index (χ2v) is 10.1. The van der Waals surface area contributed by atoms with Gasteiger partial charge in [0.05, 0.1) is 25.1 Å². The molecule has 218 valence electrons. The first-order valence-corrected chi connectivity index (χ1v) is 13.3. The number of carbonyl (C=O) groups excluding carboxylic acids is 3. The zero-order chi connectivity index (χ0) is 29.8. The lowest BCUT2D eigenvalue weighted by Gasteiger charge is -2.28. The largest absolute Gasteiger partial charge is 0.437 e. The molecule has 1 unspecified atom stereocenters. The molecule has 13 heteroatoms. The Balaban J connectivity index is 1.67. The highest BCUT2D eigenvalue weighted by Gasteiger charge is 2.33. The smallest absolute Gasteiger partial charge is 0.374 e. The van der Waals surface area contributed by atoms with E-state index < -0.39 is 30.4 Å². The Morgan fingerprint density at radius 2 is 1.76 bits per heavy atom. The number of rotatable bonds is 14. The summed E-state index contributed by atoms with van der Waals surface area (Å²) in [7, 11) is 0.632. The van der Waals surface area contributed by atoms with Gasteiger partial charge in [0.25, 0.3) is 5.91 Å². The van der Waals surface area contributed by atoms with Crippen LogP contribution in [0.15, 0.2) is 67.1 Å². The van der Waals surface area contributed by atoms with Gasteiger partial charge in [0.15, 0.2) is 5.82 Å². The van der Waals surface area contributed by atoms with Crippen molar-refractivity contribution in [1.82, 2.24) is 30.7 Å². The third kappa shape index (κ3) is 10.1. The minimum Gasteiger partial charge on any atom is -0.437 e. The Kier molecular flexibility index (Phi) is 11.5. The molecule has 4 amide bonds. The van der Waals surface area contributed by atoms with E-state index in [0.29, 0.717) is 18.9 Å². The first-order chi connectivity index (χ1) is 19.6. The molecule has 41 heavy (non-hydrogen) atoms. The average Bonchev–Trinajstić information content (AvgIpc) is 3.38. The first kappa shape index (κ1) is 31.3. The van der Waals surface area contributed by atoms with E-state index >= 15 is 0 Å². The molecule has 1 atom stereocenters. The van der Waals surface area contributed by atoms with Crippen LogP contribution in [0, 0.1) is 0 Å². The number of anilines is 1. The van der Waals surface area contributed by atoms with E-state index in [4.69, 9.17) is 4.74 Å².